The van der Waals surface area contributed by atoms with Crippen LogP contribution in [0.1, 0.15) is 23.2 Å². The largest absolute Gasteiger partial charge is 0.496 e. The molecule has 2 atom stereocenters. The lowest BCUT2D eigenvalue weighted by Crippen LogP contribution is -2.55. The number of primary amides is 1. The molecule has 1 aliphatic rings. The molecule has 0 saturated carbocycles. The monoisotopic (exact) mass is 526 g/mol. The summed E-state index contributed by atoms with van der Waals surface area (Å²) in [6.07, 6.45) is 0.0843. The van der Waals surface area contributed by atoms with E-state index in [9.17, 15) is 9.18 Å². The number of carbonyl (C=O) groups is 2. The highest BCUT2D eigenvalue weighted by molar-refractivity contribution is 6.33. The van der Waals surface area contributed by atoms with Crippen LogP contribution >= 0.6 is 11.6 Å². The number of ether oxygens (including phenoxy) is 3. The van der Waals surface area contributed by atoms with Crippen molar-refractivity contribution in [2.45, 2.75) is 25.0 Å². The third kappa shape index (κ3) is 9.06. The molecule has 1 heterocycles. The number of nitrogens with zero attached hydrogens (tertiary/aromatic N) is 1. The number of nitrogens with two attached hydrogens (primary N) is 2. The lowest BCUT2D eigenvalue weighted by molar-refractivity contribution is 0.00527. The van der Waals surface area contributed by atoms with Gasteiger partial charge >= 0.3 is 6.09 Å². The first-order valence-electron chi connectivity index (χ1n) is 11.2. The minimum atomic E-state index is -1.33. The van der Waals surface area contributed by atoms with E-state index in [4.69, 9.17) is 41.4 Å². The molecule has 198 valence electrons. The molecule has 0 radical (unpaired) electrons. The zero-order valence-electron chi connectivity index (χ0n) is 20.2. The Morgan fingerprint density at radius 1 is 1.25 bits per heavy atom. The third-order valence-electron chi connectivity index (χ3n) is 5.53. The summed E-state index contributed by atoms with van der Waals surface area (Å²) in [4.78, 5) is 23.9. The Bertz CT molecular complexity index is 1010. The Morgan fingerprint density at radius 2 is 1.92 bits per heavy atom. The van der Waals surface area contributed by atoms with Crippen LogP contribution in [0.4, 0.5) is 14.9 Å². The number of halogens is 2. The lowest BCUT2D eigenvalue weighted by atomic mass is 10.0. The zero-order chi connectivity index (χ0) is 26.7. The van der Waals surface area contributed by atoms with Crippen LogP contribution in [0.3, 0.4) is 0 Å². The molecule has 2 aromatic carbocycles. The van der Waals surface area contributed by atoms with Crippen LogP contribution in [0.15, 0.2) is 36.4 Å². The van der Waals surface area contributed by atoms with Crippen molar-refractivity contribution >= 4 is 29.3 Å². The number of amides is 2. The van der Waals surface area contributed by atoms with E-state index in [1.165, 1.54) is 25.3 Å². The number of methoxy groups -OCH3 is 2. The fourth-order valence-electron chi connectivity index (χ4n) is 3.76. The van der Waals surface area contributed by atoms with Gasteiger partial charge in [-0.1, -0.05) is 11.6 Å². The predicted molar refractivity (Wildman–Crippen MR) is 134 cm³/mol. The summed E-state index contributed by atoms with van der Waals surface area (Å²) in [7, 11) is 3.13. The second-order valence-electron chi connectivity index (χ2n) is 8.01. The summed E-state index contributed by atoms with van der Waals surface area (Å²) in [5.74, 6) is 0.463. The molecule has 6 N–H and O–H groups in total. The second kappa shape index (κ2) is 14.3. The summed E-state index contributed by atoms with van der Waals surface area (Å²) in [5, 5.41) is 10.5. The minimum Gasteiger partial charge on any atom is -0.496 e. The molecule has 10 nitrogen and oxygen atoms in total. The molecule has 1 aliphatic heterocycles. The topological polar surface area (TPSA) is 149 Å². The van der Waals surface area contributed by atoms with Crippen LogP contribution in [0.2, 0.25) is 5.02 Å². The Labute approximate surface area is 214 Å². The maximum atomic E-state index is 12.9. The fourth-order valence-corrected chi connectivity index (χ4v) is 3.92. The summed E-state index contributed by atoms with van der Waals surface area (Å²) >= 11 is 6.09. The van der Waals surface area contributed by atoms with Gasteiger partial charge in [-0.2, -0.15) is 0 Å². The molecular formula is C24H32ClFN4O6. The SMILES string of the molecule is COc1cc(N)c(Cl)cc1C(=O)N[C@H]1CCN(CCCOc2ccc(F)cc2)C[C@@H]1OC.NC(=O)O. The highest BCUT2D eigenvalue weighted by Crippen LogP contribution is 2.29. The van der Waals surface area contributed by atoms with Crippen molar-refractivity contribution in [3.05, 3.63) is 52.8 Å². The van der Waals surface area contributed by atoms with E-state index in [1.807, 2.05) is 0 Å². The number of rotatable bonds is 9. The van der Waals surface area contributed by atoms with Gasteiger partial charge in [0.05, 0.1) is 42.1 Å². The lowest BCUT2D eigenvalue weighted by Gasteiger charge is -2.38. The van der Waals surface area contributed by atoms with Gasteiger partial charge in [0.15, 0.2) is 0 Å². The average molecular weight is 527 g/mol. The van der Waals surface area contributed by atoms with E-state index in [0.29, 0.717) is 40.9 Å². The standard InChI is InChI=1S/C23H29ClFN3O4.CH3NO2/c1-30-21-13-19(26)18(24)12-17(21)23(29)27-20-8-10-28(14-22(20)31-2)9-3-11-32-16-6-4-15(25)5-7-16;2-1(3)4/h4-7,12-13,20,22H,3,8-11,14,26H2,1-2H3,(H,27,29);2H2,(H,3,4)/t20-,22-;/m0./s1. The maximum absolute atomic E-state index is 12.9. The van der Waals surface area contributed by atoms with Gasteiger partial charge in [0.2, 0.25) is 0 Å². The van der Waals surface area contributed by atoms with Crippen molar-refractivity contribution in [3.8, 4) is 11.5 Å². The smallest absolute Gasteiger partial charge is 0.402 e. The molecule has 0 aromatic heterocycles. The van der Waals surface area contributed by atoms with Crippen molar-refractivity contribution in [1.82, 2.24) is 10.2 Å². The molecule has 12 heteroatoms. The van der Waals surface area contributed by atoms with E-state index in [0.717, 1.165) is 25.9 Å². The number of likely N-dealkylation sites (tertiary alicyclic amines) is 1. The van der Waals surface area contributed by atoms with Crippen LogP contribution in [0, 0.1) is 5.82 Å². The van der Waals surface area contributed by atoms with Crippen molar-refractivity contribution < 1.29 is 33.3 Å². The fraction of sp³-hybridized carbons (Fsp3) is 0.417. The van der Waals surface area contributed by atoms with Gasteiger partial charge in [0, 0.05) is 32.8 Å². The van der Waals surface area contributed by atoms with Crippen molar-refractivity contribution in [1.29, 1.82) is 0 Å². The number of hydrogen-bond acceptors (Lipinski definition) is 7. The first-order valence-corrected chi connectivity index (χ1v) is 11.6. The van der Waals surface area contributed by atoms with Gasteiger partial charge in [-0.05, 0) is 43.2 Å². The van der Waals surface area contributed by atoms with Gasteiger partial charge in [0.1, 0.15) is 17.3 Å². The van der Waals surface area contributed by atoms with Gasteiger partial charge in [-0.3, -0.25) is 4.79 Å². The number of piperidine rings is 1. The molecule has 3 rings (SSSR count). The number of anilines is 1. The van der Waals surface area contributed by atoms with Crippen molar-refractivity contribution in [2.75, 3.05) is 46.2 Å². The molecule has 2 aromatic rings. The molecule has 0 aliphatic carbocycles. The van der Waals surface area contributed by atoms with Gasteiger partial charge < -0.3 is 41.0 Å². The number of hydrogen-bond donors (Lipinski definition) is 4. The molecular weight excluding hydrogens is 495 g/mol. The third-order valence-corrected chi connectivity index (χ3v) is 5.85. The molecule has 1 fully saturated rings. The summed E-state index contributed by atoms with van der Waals surface area (Å²) in [6, 6.07) is 8.92. The Morgan fingerprint density at radius 3 is 2.53 bits per heavy atom. The van der Waals surface area contributed by atoms with Crippen LogP contribution in [-0.4, -0.2) is 74.6 Å². The van der Waals surface area contributed by atoms with Crippen molar-refractivity contribution in [2.24, 2.45) is 5.73 Å². The molecule has 2 amide bonds. The van der Waals surface area contributed by atoms with Crippen LogP contribution in [0.25, 0.3) is 0 Å². The van der Waals surface area contributed by atoms with Crippen molar-refractivity contribution in [3.63, 3.8) is 0 Å². The molecule has 0 bridgehead atoms. The van der Waals surface area contributed by atoms with E-state index < -0.39 is 6.09 Å². The molecule has 36 heavy (non-hydrogen) atoms. The first kappa shape index (κ1) is 29.0. The summed E-state index contributed by atoms with van der Waals surface area (Å²) in [5.41, 5.74) is 10.5. The quantitative estimate of drug-likeness (QED) is 0.288. The number of nitrogen functional groups attached to an aromatic ring is 1. The highest BCUT2D eigenvalue weighted by Gasteiger charge is 2.31. The van der Waals surface area contributed by atoms with E-state index >= 15 is 0 Å². The minimum absolute atomic E-state index is 0.139. The van der Waals surface area contributed by atoms with E-state index in [1.54, 1.807) is 25.3 Å². The molecule has 0 unspecified atom stereocenters. The summed E-state index contributed by atoms with van der Waals surface area (Å²) in [6.45, 7) is 2.89. The maximum Gasteiger partial charge on any atom is 0.402 e. The summed E-state index contributed by atoms with van der Waals surface area (Å²) < 4.78 is 29.5. The highest BCUT2D eigenvalue weighted by atomic mass is 35.5. The predicted octanol–water partition coefficient (Wildman–Crippen LogP) is 2.98. The Balaban J connectivity index is 0.00000106. The number of benzene rings is 2. The normalized spacial score (nSPS) is 17.4. The Kier molecular flexibility index (Phi) is 11.5. The van der Waals surface area contributed by atoms with E-state index in [-0.39, 0.29) is 23.9 Å². The van der Waals surface area contributed by atoms with Crippen LogP contribution < -0.4 is 26.3 Å². The number of carboxylic acid groups (broad SMARTS) is 1. The van der Waals surface area contributed by atoms with Crippen LogP contribution in [-0.2, 0) is 4.74 Å². The van der Waals surface area contributed by atoms with Crippen LogP contribution in [0.5, 0.6) is 11.5 Å². The second-order valence-corrected chi connectivity index (χ2v) is 8.42. The first-order chi connectivity index (χ1) is 17.1. The average Bonchev–Trinajstić information content (AvgIpc) is 2.84. The number of nitrogens with one attached hydrogen (secondary N) is 1. The van der Waals surface area contributed by atoms with E-state index in [2.05, 4.69) is 16.0 Å². The molecule has 1 saturated heterocycles. The Hall–Kier alpha value is -3.28. The molecule has 0 spiro atoms. The van der Waals surface area contributed by atoms with Gasteiger partial charge in [-0.25, -0.2) is 9.18 Å². The number of carbonyl (C=O) groups excluding carboxylic acids is 1. The zero-order valence-corrected chi connectivity index (χ0v) is 21.0. The van der Waals surface area contributed by atoms with Gasteiger partial charge in [-0.15, -0.1) is 0 Å². The van der Waals surface area contributed by atoms with Gasteiger partial charge in [0.25, 0.3) is 5.91 Å².